The summed E-state index contributed by atoms with van der Waals surface area (Å²) in [7, 11) is 0. The van der Waals surface area contributed by atoms with Crippen LogP contribution in [0.1, 0.15) is 11.1 Å². The number of aliphatic carboxylic acids is 1. The molecule has 1 aliphatic rings. The molecule has 2 rings (SSSR count). The lowest BCUT2D eigenvalue weighted by molar-refractivity contribution is -0.187. The lowest BCUT2D eigenvalue weighted by Gasteiger charge is -2.28. The second kappa shape index (κ2) is 4.56. The summed E-state index contributed by atoms with van der Waals surface area (Å²) in [6.07, 6.45) is -6.24. The number of hydrogen-bond acceptors (Lipinski definition) is 2. The minimum absolute atomic E-state index is 0.00678. The molecule has 1 heterocycles. The van der Waals surface area contributed by atoms with Crippen LogP contribution in [0.15, 0.2) is 22.2 Å². The molecule has 0 amide bonds. The molecule has 7 heteroatoms. The van der Waals surface area contributed by atoms with E-state index in [1.165, 1.54) is 0 Å². The second-order valence-corrected chi connectivity index (χ2v) is 4.91. The third-order valence-corrected chi connectivity index (χ3v) is 3.35. The van der Waals surface area contributed by atoms with Crippen molar-refractivity contribution in [2.45, 2.75) is 19.2 Å². The average Bonchev–Trinajstić information content (AvgIpc) is 2.31. The quantitative estimate of drug-likeness (QED) is 0.853. The summed E-state index contributed by atoms with van der Waals surface area (Å²) in [6, 6.07) is 3.22. The maximum absolute atomic E-state index is 12.8. The van der Waals surface area contributed by atoms with Crippen molar-refractivity contribution in [1.29, 1.82) is 0 Å². The highest BCUT2D eigenvalue weighted by atomic mass is 79.9. The fourth-order valence-corrected chi connectivity index (χ4v) is 2.24. The first-order chi connectivity index (χ1) is 8.71. The third-order valence-electron chi connectivity index (χ3n) is 2.73. The summed E-state index contributed by atoms with van der Waals surface area (Å²) >= 11 is 3.10. The van der Waals surface area contributed by atoms with E-state index in [0.717, 1.165) is 6.08 Å². The molecule has 3 nitrogen and oxygen atoms in total. The standard InChI is InChI=1S/C12H8BrF3O3/c1-5-2-3-8(13)9-6(5)4-7(11(17)18)10(19-9)12(14,15)16/h2-4,10H,1H3,(H,17,18). The van der Waals surface area contributed by atoms with Crippen LogP contribution in [0.25, 0.3) is 6.08 Å². The summed E-state index contributed by atoms with van der Waals surface area (Å²) < 4.78 is 43.7. The minimum atomic E-state index is -4.79. The zero-order chi connectivity index (χ0) is 14.4. The molecule has 0 bridgehead atoms. The Hall–Kier alpha value is -1.50. The van der Waals surface area contributed by atoms with Gasteiger partial charge in [0.05, 0.1) is 10.0 Å². The molecule has 0 saturated heterocycles. The highest BCUT2D eigenvalue weighted by molar-refractivity contribution is 9.10. The SMILES string of the molecule is Cc1ccc(Br)c2c1C=C(C(=O)O)C(C(F)(F)F)O2. The number of halogens is 4. The maximum Gasteiger partial charge on any atom is 0.430 e. The van der Waals surface area contributed by atoms with Gasteiger partial charge in [-0.3, -0.25) is 0 Å². The van der Waals surface area contributed by atoms with Crippen LogP contribution in [0.4, 0.5) is 13.2 Å². The molecule has 0 aromatic heterocycles. The van der Waals surface area contributed by atoms with E-state index >= 15 is 0 Å². The number of carbonyl (C=O) groups is 1. The Balaban J connectivity index is 2.64. The van der Waals surface area contributed by atoms with Gasteiger partial charge in [-0.15, -0.1) is 0 Å². The largest absolute Gasteiger partial charge is 0.478 e. The number of ether oxygens (including phenoxy) is 1. The summed E-state index contributed by atoms with van der Waals surface area (Å²) in [5.74, 6) is -1.64. The molecule has 1 N–H and O–H groups in total. The molecule has 0 spiro atoms. The van der Waals surface area contributed by atoms with Crippen LogP contribution in [0.2, 0.25) is 0 Å². The molecular weight excluding hydrogens is 329 g/mol. The van der Waals surface area contributed by atoms with Gasteiger partial charge in [0.25, 0.3) is 0 Å². The molecule has 1 unspecified atom stereocenters. The molecule has 1 aliphatic heterocycles. The predicted octanol–water partition coefficient (Wildman–Crippen LogP) is 3.55. The van der Waals surface area contributed by atoms with Crippen molar-refractivity contribution in [3.8, 4) is 5.75 Å². The first kappa shape index (κ1) is 13.9. The van der Waals surface area contributed by atoms with E-state index in [4.69, 9.17) is 9.84 Å². The first-order valence-corrected chi connectivity index (χ1v) is 5.98. The zero-order valence-electron chi connectivity index (χ0n) is 9.58. The van der Waals surface area contributed by atoms with Crippen molar-refractivity contribution in [2.75, 3.05) is 0 Å². The van der Waals surface area contributed by atoms with E-state index in [-0.39, 0.29) is 5.75 Å². The fraction of sp³-hybridized carbons (Fsp3) is 0.250. The molecule has 0 fully saturated rings. The van der Waals surface area contributed by atoms with Crippen molar-refractivity contribution in [2.24, 2.45) is 0 Å². The van der Waals surface area contributed by atoms with Gasteiger partial charge < -0.3 is 9.84 Å². The monoisotopic (exact) mass is 336 g/mol. The second-order valence-electron chi connectivity index (χ2n) is 4.05. The topological polar surface area (TPSA) is 46.5 Å². The summed E-state index contributed by atoms with van der Waals surface area (Å²) in [6.45, 7) is 1.67. The van der Waals surface area contributed by atoms with E-state index < -0.39 is 23.8 Å². The van der Waals surface area contributed by atoms with E-state index in [1.807, 2.05) is 0 Å². The third kappa shape index (κ3) is 2.47. The summed E-state index contributed by atoms with van der Waals surface area (Å²) in [4.78, 5) is 11.0. The number of carboxylic acid groups (broad SMARTS) is 1. The van der Waals surface area contributed by atoms with Crippen LogP contribution < -0.4 is 4.74 Å². The Morgan fingerprint density at radius 2 is 2.05 bits per heavy atom. The molecular formula is C12H8BrF3O3. The smallest absolute Gasteiger partial charge is 0.430 e. The van der Waals surface area contributed by atoms with E-state index in [2.05, 4.69) is 15.9 Å². The molecule has 1 aromatic rings. The Labute approximate surface area is 114 Å². The van der Waals surface area contributed by atoms with Gasteiger partial charge in [-0.25, -0.2) is 4.79 Å². The lowest BCUT2D eigenvalue weighted by atomic mass is 9.98. The highest BCUT2D eigenvalue weighted by Crippen LogP contribution is 2.42. The Morgan fingerprint density at radius 1 is 1.42 bits per heavy atom. The Bertz CT molecular complexity index is 578. The van der Waals surface area contributed by atoms with Crippen LogP contribution >= 0.6 is 15.9 Å². The van der Waals surface area contributed by atoms with Crippen molar-refractivity contribution >= 4 is 28.0 Å². The Kier molecular flexibility index (Phi) is 3.34. The van der Waals surface area contributed by atoms with E-state index in [9.17, 15) is 18.0 Å². The first-order valence-electron chi connectivity index (χ1n) is 5.19. The number of fused-ring (bicyclic) bond motifs is 1. The number of alkyl halides is 3. The van der Waals surface area contributed by atoms with Gasteiger partial charge in [0, 0.05) is 5.56 Å². The van der Waals surface area contributed by atoms with Crippen molar-refractivity contribution in [3.63, 3.8) is 0 Å². The zero-order valence-corrected chi connectivity index (χ0v) is 11.2. The molecule has 19 heavy (non-hydrogen) atoms. The lowest BCUT2D eigenvalue weighted by Crippen LogP contribution is -2.40. The predicted molar refractivity (Wildman–Crippen MR) is 65.0 cm³/mol. The van der Waals surface area contributed by atoms with Gasteiger partial charge in [0.1, 0.15) is 5.75 Å². The van der Waals surface area contributed by atoms with Gasteiger partial charge in [0.2, 0.25) is 6.10 Å². The van der Waals surface area contributed by atoms with Crippen molar-refractivity contribution < 1.29 is 27.8 Å². The van der Waals surface area contributed by atoms with Gasteiger partial charge in [-0.1, -0.05) is 6.07 Å². The highest BCUT2D eigenvalue weighted by Gasteiger charge is 2.48. The molecule has 102 valence electrons. The van der Waals surface area contributed by atoms with E-state index in [0.29, 0.717) is 15.6 Å². The molecule has 0 saturated carbocycles. The molecule has 0 radical (unpaired) electrons. The van der Waals surface area contributed by atoms with Gasteiger partial charge >= 0.3 is 12.1 Å². The fourth-order valence-electron chi connectivity index (χ4n) is 1.80. The van der Waals surface area contributed by atoms with E-state index in [1.54, 1.807) is 19.1 Å². The summed E-state index contributed by atoms with van der Waals surface area (Å²) in [5.41, 5.74) is 0.158. The molecule has 1 aromatic carbocycles. The average molecular weight is 337 g/mol. The molecule has 0 aliphatic carbocycles. The van der Waals surface area contributed by atoms with Crippen LogP contribution in [0.5, 0.6) is 5.75 Å². The van der Waals surface area contributed by atoms with Crippen LogP contribution in [0.3, 0.4) is 0 Å². The Morgan fingerprint density at radius 3 is 2.58 bits per heavy atom. The van der Waals surface area contributed by atoms with Crippen LogP contribution in [0, 0.1) is 6.92 Å². The number of carboxylic acids is 1. The van der Waals surface area contributed by atoms with Crippen LogP contribution in [-0.2, 0) is 4.79 Å². The number of rotatable bonds is 1. The number of hydrogen-bond donors (Lipinski definition) is 1. The number of aryl methyl sites for hydroxylation is 1. The van der Waals surface area contributed by atoms with Crippen molar-refractivity contribution in [1.82, 2.24) is 0 Å². The molecule has 1 atom stereocenters. The van der Waals surface area contributed by atoms with Gasteiger partial charge in [-0.2, -0.15) is 13.2 Å². The minimum Gasteiger partial charge on any atom is -0.478 e. The van der Waals surface area contributed by atoms with Gasteiger partial charge in [0.15, 0.2) is 0 Å². The van der Waals surface area contributed by atoms with Gasteiger partial charge in [-0.05, 0) is 40.6 Å². The summed E-state index contributed by atoms with van der Waals surface area (Å²) in [5, 5.41) is 8.90. The van der Waals surface area contributed by atoms with Crippen LogP contribution in [-0.4, -0.2) is 23.4 Å². The number of benzene rings is 1. The van der Waals surface area contributed by atoms with Crippen molar-refractivity contribution in [3.05, 3.63) is 33.3 Å². The normalized spacial score (nSPS) is 18.4. The maximum atomic E-state index is 12.8.